The molecule has 9 heteroatoms. The summed E-state index contributed by atoms with van der Waals surface area (Å²) in [4.78, 5) is 24.3. The van der Waals surface area contributed by atoms with E-state index >= 15 is 0 Å². The van der Waals surface area contributed by atoms with E-state index in [1.54, 1.807) is 24.3 Å². The number of ether oxygens (including phenoxy) is 6. The summed E-state index contributed by atoms with van der Waals surface area (Å²) in [5.74, 6) is -2.36. The van der Waals surface area contributed by atoms with E-state index in [4.69, 9.17) is 28.4 Å². The number of hydrogen-bond donors (Lipinski definition) is 1. The average molecular weight is 521 g/mol. The van der Waals surface area contributed by atoms with Gasteiger partial charge in [0.1, 0.15) is 37.6 Å². The van der Waals surface area contributed by atoms with Gasteiger partial charge in [-0.2, -0.15) is 0 Å². The van der Waals surface area contributed by atoms with Gasteiger partial charge >= 0.3 is 11.9 Å². The number of esters is 2. The Bertz CT molecular complexity index is 1190. The minimum atomic E-state index is -1.32. The van der Waals surface area contributed by atoms with Gasteiger partial charge in [-0.05, 0) is 5.56 Å². The molecule has 2 aliphatic rings. The highest BCUT2D eigenvalue weighted by Crippen LogP contribution is 2.38. The first-order chi connectivity index (χ1) is 18.6. The number of hydrogen-bond acceptors (Lipinski definition) is 9. The third kappa shape index (κ3) is 6.27. The van der Waals surface area contributed by atoms with Crippen molar-refractivity contribution in [2.45, 2.75) is 43.6 Å². The fourth-order valence-electron chi connectivity index (χ4n) is 4.32. The minimum Gasteiger partial charge on any atom is -0.454 e. The Hall–Kier alpha value is -3.60. The number of aliphatic hydroxyl groups excluding tert-OH is 1. The Balaban J connectivity index is 1.24. The molecule has 5 rings (SSSR count). The van der Waals surface area contributed by atoms with Crippen LogP contribution >= 0.6 is 0 Å². The van der Waals surface area contributed by atoms with E-state index in [1.165, 1.54) is 0 Å². The van der Waals surface area contributed by atoms with Gasteiger partial charge < -0.3 is 33.5 Å². The van der Waals surface area contributed by atoms with Crippen molar-refractivity contribution in [3.05, 3.63) is 108 Å². The van der Waals surface area contributed by atoms with Crippen molar-refractivity contribution in [3.63, 3.8) is 0 Å². The third-order valence-electron chi connectivity index (χ3n) is 6.25. The Labute approximate surface area is 219 Å². The minimum absolute atomic E-state index is 0.0718. The summed E-state index contributed by atoms with van der Waals surface area (Å²) in [6.07, 6.45) is -5.04. The average Bonchev–Trinajstić information content (AvgIpc) is 2.99. The van der Waals surface area contributed by atoms with Gasteiger partial charge in [-0.1, -0.05) is 91.0 Å². The largest absolute Gasteiger partial charge is 0.454 e. The summed E-state index contributed by atoms with van der Waals surface area (Å²) >= 11 is 0. The van der Waals surface area contributed by atoms with E-state index in [1.807, 2.05) is 66.7 Å². The van der Waals surface area contributed by atoms with E-state index in [0.29, 0.717) is 0 Å². The second kappa shape index (κ2) is 12.3. The van der Waals surface area contributed by atoms with Crippen molar-refractivity contribution in [2.24, 2.45) is 0 Å². The zero-order valence-electron chi connectivity index (χ0n) is 20.5. The summed E-state index contributed by atoms with van der Waals surface area (Å²) < 4.78 is 34.4. The second-order valence-corrected chi connectivity index (χ2v) is 8.92. The van der Waals surface area contributed by atoms with Crippen molar-refractivity contribution in [2.75, 3.05) is 13.2 Å². The van der Waals surface area contributed by atoms with Crippen LogP contribution in [0.3, 0.4) is 0 Å². The van der Waals surface area contributed by atoms with Crippen molar-refractivity contribution in [1.82, 2.24) is 0 Å². The molecule has 9 nitrogen and oxygen atoms in total. The maximum atomic E-state index is 12.2. The molecule has 3 aromatic rings. The molecule has 0 bridgehead atoms. The molecule has 2 heterocycles. The normalized spacial score (nSPS) is 25.6. The molecule has 0 spiro atoms. The molecule has 3 aromatic carbocycles. The first-order valence-corrected chi connectivity index (χ1v) is 12.3. The van der Waals surface area contributed by atoms with Gasteiger partial charge in [0.15, 0.2) is 12.6 Å². The monoisotopic (exact) mass is 520 g/mol. The molecule has 2 fully saturated rings. The molecule has 2 aliphatic heterocycles. The molecular weight excluding hydrogens is 492 g/mol. The van der Waals surface area contributed by atoms with Gasteiger partial charge in [0.25, 0.3) is 0 Å². The van der Waals surface area contributed by atoms with E-state index < -0.39 is 55.5 Å². The van der Waals surface area contributed by atoms with Gasteiger partial charge in [0.05, 0.1) is 6.61 Å². The van der Waals surface area contributed by atoms with E-state index in [2.05, 4.69) is 0 Å². The summed E-state index contributed by atoms with van der Waals surface area (Å²) in [7, 11) is 0. The van der Waals surface area contributed by atoms with Crippen LogP contribution in [0.1, 0.15) is 29.3 Å². The smallest absolute Gasteiger partial charge is 0.417 e. The van der Waals surface area contributed by atoms with Crippen molar-refractivity contribution < 1.29 is 43.1 Å². The van der Waals surface area contributed by atoms with Crippen LogP contribution < -0.4 is 0 Å². The van der Waals surface area contributed by atoms with Crippen LogP contribution in [0.25, 0.3) is 0 Å². The molecule has 38 heavy (non-hydrogen) atoms. The van der Waals surface area contributed by atoms with Crippen LogP contribution in [-0.4, -0.2) is 54.7 Å². The summed E-state index contributed by atoms with van der Waals surface area (Å²) in [6, 6.07) is 27.6. The molecular formula is C29H28O9. The maximum absolute atomic E-state index is 12.2. The molecule has 1 N–H and O–H groups in total. The Morgan fingerprint density at radius 2 is 1.34 bits per heavy atom. The lowest BCUT2D eigenvalue weighted by molar-refractivity contribution is -0.373. The molecule has 198 valence electrons. The lowest BCUT2D eigenvalue weighted by atomic mass is 9.99. The van der Waals surface area contributed by atoms with Gasteiger partial charge in [0, 0.05) is 11.1 Å². The molecule has 0 saturated carbocycles. The van der Waals surface area contributed by atoms with Crippen molar-refractivity contribution in [3.8, 4) is 0 Å². The number of benzene rings is 3. The first kappa shape index (κ1) is 26.0. The molecule has 0 radical (unpaired) electrons. The number of aliphatic hydroxyl groups is 1. The number of carbonyl (C=O) groups is 2. The molecule has 0 aromatic heterocycles. The van der Waals surface area contributed by atoms with Crippen molar-refractivity contribution >= 4 is 11.9 Å². The molecule has 0 aliphatic carbocycles. The highest BCUT2D eigenvalue weighted by Gasteiger charge is 2.48. The third-order valence-corrected chi connectivity index (χ3v) is 6.25. The van der Waals surface area contributed by atoms with Crippen LogP contribution in [-0.2, 0) is 44.6 Å². The molecule has 6 atom stereocenters. The summed E-state index contributed by atoms with van der Waals surface area (Å²) in [5, 5.41) is 11.0. The Morgan fingerprint density at radius 3 is 2.00 bits per heavy atom. The number of rotatable bonds is 7. The summed E-state index contributed by atoms with van der Waals surface area (Å²) in [6.45, 7) is -0.377. The Morgan fingerprint density at radius 1 is 0.763 bits per heavy atom. The number of fused-ring (bicyclic) bond motifs is 1. The van der Waals surface area contributed by atoms with Gasteiger partial charge in [0.2, 0.25) is 0 Å². The predicted molar refractivity (Wildman–Crippen MR) is 132 cm³/mol. The Kier molecular flexibility index (Phi) is 8.42. The topological polar surface area (TPSA) is 110 Å². The number of carbonyl (C=O) groups excluding carboxylic acids is 2. The lowest BCUT2D eigenvalue weighted by Gasteiger charge is -2.47. The fraction of sp³-hybridized carbons (Fsp3) is 0.310. The van der Waals surface area contributed by atoms with Crippen LogP contribution in [0.2, 0.25) is 0 Å². The van der Waals surface area contributed by atoms with E-state index in [0.717, 1.165) is 16.7 Å². The van der Waals surface area contributed by atoms with Gasteiger partial charge in [-0.15, -0.1) is 0 Å². The van der Waals surface area contributed by atoms with Crippen molar-refractivity contribution in [1.29, 1.82) is 0 Å². The zero-order valence-corrected chi connectivity index (χ0v) is 20.5. The van der Waals surface area contributed by atoms with Crippen LogP contribution in [0, 0.1) is 0 Å². The zero-order chi connectivity index (χ0) is 26.3. The lowest BCUT2D eigenvalue weighted by Crippen LogP contribution is -2.58. The maximum Gasteiger partial charge on any atom is 0.417 e. The first-order valence-electron chi connectivity index (χ1n) is 12.3. The van der Waals surface area contributed by atoms with Crippen LogP contribution in [0.15, 0.2) is 91.0 Å². The predicted octanol–water partition coefficient (Wildman–Crippen LogP) is 3.23. The standard InChI is InChI=1S/C29H28O9/c30-22(17-34-27(32)26(31)33-16-19-10-4-1-5-11-19)24-25-23(36-29(37-24)21-14-8-3-9-15-21)18-35-28(38-25)20-12-6-2-7-13-20/h1-15,22-25,28-30H,16-18H2. The van der Waals surface area contributed by atoms with Crippen LogP contribution in [0.4, 0.5) is 0 Å². The molecule has 6 unspecified atom stereocenters. The SMILES string of the molecule is O=C(OCc1ccccc1)C(=O)OCC(O)C1OC(c2ccccc2)OC2COC(c3ccccc3)OC21. The molecule has 0 amide bonds. The highest BCUT2D eigenvalue weighted by molar-refractivity contribution is 6.29. The fourth-order valence-corrected chi connectivity index (χ4v) is 4.32. The summed E-state index contributed by atoms with van der Waals surface area (Å²) in [5.41, 5.74) is 2.28. The van der Waals surface area contributed by atoms with E-state index in [9.17, 15) is 14.7 Å². The highest BCUT2D eigenvalue weighted by atomic mass is 16.8. The van der Waals surface area contributed by atoms with Gasteiger partial charge in [-0.3, -0.25) is 0 Å². The van der Waals surface area contributed by atoms with E-state index in [-0.39, 0.29) is 13.2 Å². The quantitative estimate of drug-likeness (QED) is 0.371. The second-order valence-electron chi connectivity index (χ2n) is 8.92. The van der Waals surface area contributed by atoms with Gasteiger partial charge in [-0.25, -0.2) is 9.59 Å². The van der Waals surface area contributed by atoms with Crippen LogP contribution in [0.5, 0.6) is 0 Å². The molecule has 2 saturated heterocycles.